The van der Waals surface area contributed by atoms with Gasteiger partial charge in [-0.05, 0) is 24.7 Å². The maximum absolute atomic E-state index is 13.1. The fourth-order valence-corrected chi connectivity index (χ4v) is 3.38. The van der Waals surface area contributed by atoms with Crippen molar-refractivity contribution in [1.82, 2.24) is 16.0 Å². The highest BCUT2D eigenvalue weighted by Crippen LogP contribution is 2.11. The number of ketones is 1. The Kier molecular flexibility index (Phi) is 15.8. The number of carbonyl (C=O) groups excluding carboxylic acids is 5. The van der Waals surface area contributed by atoms with Gasteiger partial charge >= 0.3 is 5.97 Å². The van der Waals surface area contributed by atoms with E-state index >= 15 is 0 Å². The maximum Gasteiger partial charge on any atom is 0.302 e. The number of nitrogens with one attached hydrogen (secondary N) is 3. The Balaban J connectivity index is 5.57. The molecule has 4 atom stereocenters. The molecule has 0 aromatic carbocycles. The van der Waals surface area contributed by atoms with E-state index in [9.17, 15) is 29.1 Å². The third-order valence-electron chi connectivity index (χ3n) is 5.49. The number of hydrogen-bond donors (Lipinski definition) is 4. The molecule has 0 heterocycles. The average Bonchev–Trinajstić information content (AvgIpc) is 2.77. The van der Waals surface area contributed by atoms with Gasteiger partial charge in [0.05, 0.1) is 12.6 Å². The van der Waals surface area contributed by atoms with Crippen LogP contribution >= 0.6 is 0 Å². The average molecular weight is 500 g/mol. The first-order chi connectivity index (χ1) is 16.3. The van der Waals surface area contributed by atoms with E-state index < -0.39 is 48.4 Å². The normalized spacial score (nSPS) is 14.6. The van der Waals surface area contributed by atoms with Crippen LogP contribution < -0.4 is 16.0 Å². The van der Waals surface area contributed by atoms with E-state index in [-0.39, 0.29) is 30.1 Å². The first-order valence-electron chi connectivity index (χ1n) is 12.5. The smallest absolute Gasteiger partial charge is 0.302 e. The summed E-state index contributed by atoms with van der Waals surface area (Å²) in [6.45, 7) is 11.3. The van der Waals surface area contributed by atoms with Gasteiger partial charge in [-0.15, -0.1) is 0 Å². The van der Waals surface area contributed by atoms with E-state index in [1.54, 1.807) is 20.8 Å². The summed E-state index contributed by atoms with van der Waals surface area (Å²) in [4.78, 5) is 62.4. The number of hydrogen-bond acceptors (Lipinski definition) is 7. The summed E-state index contributed by atoms with van der Waals surface area (Å²) >= 11 is 0. The van der Waals surface area contributed by atoms with Crippen molar-refractivity contribution < 1.29 is 33.8 Å². The van der Waals surface area contributed by atoms with Gasteiger partial charge in [-0.3, -0.25) is 24.0 Å². The van der Waals surface area contributed by atoms with Crippen LogP contribution in [0.5, 0.6) is 0 Å². The fourth-order valence-electron chi connectivity index (χ4n) is 3.38. The molecule has 10 heteroatoms. The van der Waals surface area contributed by atoms with Gasteiger partial charge in [-0.2, -0.15) is 0 Å². The molecule has 0 aliphatic carbocycles. The predicted molar refractivity (Wildman–Crippen MR) is 132 cm³/mol. The Morgan fingerprint density at radius 2 is 1.46 bits per heavy atom. The lowest BCUT2D eigenvalue weighted by atomic mass is 9.93. The van der Waals surface area contributed by atoms with Crippen molar-refractivity contribution >= 4 is 29.5 Å². The predicted octanol–water partition coefficient (Wildman–Crippen LogP) is 1.48. The topological polar surface area (TPSA) is 151 Å². The number of amides is 3. The van der Waals surface area contributed by atoms with Crippen molar-refractivity contribution in [2.24, 2.45) is 17.8 Å². The molecule has 10 nitrogen and oxygen atoms in total. The van der Waals surface area contributed by atoms with Crippen molar-refractivity contribution in [3.05, 3.63) is 0 Å². The van der Waals surface area contributed by atoms with Gasteiger partial charge < -0.3 is 25.8 Å². The summed E-state index contributed by atoms with van der Waals surface area (Å²) in [6, 6.07) is -3.03. The Hall–Kier alpha value is -2.49. The SMILES string of the molecule is CCCCCC(=O)N[C@H](C(=O)N[C@@H](COC(C)=O)C(=O)N[C@@H](CC(C)C)C(=O)[C@@H](C)CO)C(C)C. The van der Waals surface area contributed by atoms with Gasteiger partial charge in [0, 0.05) is 19.3 Å². The number of esters is 1. The van der Waals surface area contributed by atoms with Crippen molar-refractivity contribution in [2.75, 3.05) is 13.2 Å². The summed E-state index contributed by atoms with van der Waals surface area (Å²) in [7, 11) is 0. The van der Waals surface area contributed by atoms with E-state index in [1.165, 1.54) is 6.92 Å². The molecular weight excluding hydrogens is 454 g/mol. The summed E-state index contributed by atoms with van der Waals surface area (Å²) in [5.41, 5.74) is 0. The highest BCUT2D eigenvalue weighted by molar-refractivity contribution is 5.95. The van der Waals surface area contributed by atoms with Gasteiger partial charge in [0.25, 0.3) is 0 Å². The lowest BCUT2D eigenvalue weighted by Crippen LogP contribution is -2.58. The van der Waals surface area contributed by atoms with Gasteiger partial charge in [0.15, 0.2) is 5.78 Å². The first kappa shape index (κ1) is 32.5. The second-order valence-electron chi connectivity index (χ2n) is 9.79. The molecule has 0 aromatic heterocycles. The van der Waals surface area contributed by atoms with Crippen LogP contribution in [-0.4, -0.2) is 65.9 Å². The number of carbonyl (C=O) groups is 5. The number of rotatable bonds is 17. The molecule has 0 aliphatic rings. The van der Waals surface area contributed by atoms with Gasteiger partial charge in [0.2, 0.25) is 17.7 Å². The quantitative estimate of drug-likeness (QED) is 0.175. The van der Waals surface area contributed by atoms with E-state index in [1.807, 2.05) is 20.8 Å². The minimum absolute atomic E-state index is 0.0740. The van der Waals surface area contributed by atoms with E-state index in [0.717, 1.165) is 12.8 Å². The van der Waals surface area contributed by atoms with Crippen LogP contribution in [0.3, 0.4) is 0 Å². The van der Waals surface area contributed by atoms with Crippen LogP contribution in [-0.2, 0) is 28.7 Å². The second-order valence-corrected chi connectivity index (χ2v) is 9.79. The third kappa shape index (κ3) is 13.2. The van der Waals surface area contributed by atoms with Crippen molar-refractivity contribution in [3.63, 3.8) is 0 Å². The van der Waals surface area contributed by atoms with E-state index in [2.05, 4.69) is 16.0 Å². The molecule has 202 valence electrons. The van der Waals surface area contributed by atoms with E-state index in [0.29, 0.717) is 19.3 Å². The largest absolute Gasteiger partial charge is 0.463 e. The molecule has 4 N–H and O–H groups in total. The molecular formula is C25H45N3O7. The first-order valence-corrected chi connectivity index (χ1v) is 12.5. The standard InChI is InChI=1S/C25H45N3O7/c1-8-9-10-11-21(31)28-22(16(4)5)25(34)27-20(14-35-18(7)30)24(33)26-19(12-15(2)3)23(32)17(6)13-29/h15-17,19-20,22,29H,8-14H2,1-7H3,(H,26,33)(H,27,34)(H,28,31)/t17-,19-,20-,22-/m0/s1. The molecule has 3 amide bonds. The lowest BCUT2D eigenvalue weighted by molar-refractivity contribution is -0.145. The number of aliphatic hydroxyl groups excluding tert-OH is 1. The van der Waals surface area contributed by atoms with Crippen LogP contribution in [0, 0.1) is 17.8 Å². The second kappa shape index (κ2) is 17.0. The minimum atomic E-state index is -1.27. The molecule has 0 bridgehead atoms. The Morgan fingerprint density at radius 3 is 1.94 bits per heavy atom. The van der Waals surface area contributed by atoms with Gasteiger partial charge in [0.1, 0.15) is 18.7 Å². The molecule has 0 rings (SSSR count). The zero-order valence-corrected chi connectivity index (χ0v) is 22.3. The molecule has 0 fully saturated rings. The zero-order chi connectivity index (χ0) is 27.1. The maximum atomic E-state index is 13.1. The van der Waals surface area contributed by atoms with Crippen LogP contribution in [0.25, 0.3) is 0 Å². The molecule has 35 heavy (non-hydrogen) atoms. The lowest BCUT2D eigenvalue weighted by Gasteiger charge is -2.27. The van der Waals surface area contributed by atoms with Gasteiger partial charge in [-0.25, -0.2) is 0 Å². The molecule has 0 radical (unpaired) electrons. The molecule has 0 aromatic rings. The Labute approximate surface area is 209 Å². The number of unbranched alkanes of at least 4 members (excludes halogenated alkanes) is 2. The highest BCUT2D eigenvalue weighted by Gasteiger charge is 2.32. The molecule has 0 aliphatic heterocycles. The summed E-state index contributed by atoms with van der Waals surface area (Å²) < 4.78 is 4.98. The summed E-state index contributed by atoms with van der Waals surface area (Å²) in [5, 5.41) is 17.3. The Morgan fingerprint density at radius 1 is 0.857 bits per heavy atom. The molecule has 0 unspecified atom stereocenters. The summed E-state index contributed by atoms with van der Waals surface area (Å²) in [6.07, 6.45) is 3.21. The zero-order valence-electron chi connectivity index (χ0n) is 22.3. The molecule has 0 spiro atoms. The highest BCUT2D eigenvalue weighted by atomic mass is 16.5. The van der Waals surface area contributed by atoms with E-state index in [4.69, 9.17) is 4.74 Å². The molecule has 0 saturated carbocycles. The van der Waals surface area contributed by atoms with Crippen LogP contribution in [0.15, 0.2) is 0 Å². The van der Waals surface area contributed by atoms with Crippen LogP contribution in [0.4, 0.5) is 0 Å². The van der Waals surface area contributed by atoms with Crippen molar-refractivity contribution in [2.45, 2.75) is 98.7 Å². The number of aliphatic hydroxyl groups is 1. The van der Waals surface area contributed by atoms with Crippen LogP contribution in [0.1, 0.15) is 80.6 Å². The number of ether oxygens (including phenoxy) is 1. The minimum Gasteiger partial charge on any atom is -0.463 e. The van der Waals surface area contributed by atoms with Crippen LogP contribution in [0.2, 0.25) is 0 Å². The Bertz CT molecular complexity index is 709. The molecule has 0 saturated heterocycles. The number of Topliss-reactive ketones (excluding diaryl/α,β-unsaturated/α-hetero) is 1. The van der Waals surface area contributed by atoms with Gasteiger partial charge in [-0.1, -0.05) is 54.4 Å². The summed E-state index contributed by atoms with van der Waals surface area (Å²) in [5.74, 6) is -3.36. The van der Waals surface area contributed by atoms with Crippen molar-refractivity contribution in [1.29, 1.82) is 0 Å². The monoisotopic (exact) mass is 499 g/mol. The fraction of sp³-hybridized carbons (Fsp3) is 0.800. The van der Waals surface area contributed by atoms with Crippen molar-refractivity contribution in [3.8, 4) is 0 Å². The third-order valence-corrected chi connectivity index (χ3v) is 5.49.